The predicted molar refractivity (Wildman–Crippen MR) is 152 cm³/mol. The van der Waals surface area contributed by atoms with Crippen LogP contribution in [0.3, 0.4) is 0 Å². The Bertz CT molecular complexity index is 1620. The van der Waals surface area contributed by atoms with Crippen LogP contribution in [-0.4, -0.2) is 50.0 Å². The minimum Gasteiger partial charge on any atom is -0.493 e. The molecule has 1 aromatic carbocycles. The molecule has 0 radical (unpaired) electrons. The zero-order valence-electron chi connectivity index (χ0n) is 21.1. The molecule has 0 spiro atoms. The number of hydrogen-bond donors (Lipinski definition) is 4. The standard InChI is InChI=1S/C26H27ClN8O3S/c1-26(14-28)8-11-34(12-9-26)18-13-30-24(21(29)32-18)39-16-6-4-5-15(20(16)27)31-22(36)19-23(37)33-17-7-2-3-10-35(17)25(19)38/h2-7,10,13,37H,8-9,11-12,14,28H2,1H3,(H2,29,32)(H,31,36). The first-order chi connectivity index (χ1) is 18.7. The number of amides is 1. The number of rotatable bonds is 6. The Morgan fingerprint density at radius 2 is 1.97 bits per heavy atom. The third kappa shape index (κ3) is 5.35. The third-order valence-corrected chi connectivity index (χ3v) is 8.49. The van der Waals surface area contributed by atoms with E-state index in [9.17, 15) is 14.7 Å². The number of pyridine rings is 1. The highest BCUT2D eigenvalue weighted by Gasteiger charge is 2.29. The third-order valence-electron chi connectivity index (χ3n) is 6.90. The highest BCUT2D eigenvalue weighted by Crippen LogP contribution is 2.39. The van der Waals surface area contributed by atoms with Crippen LogP contribution >= 0.6 is 23.4 Å². The van der Waals surface area contributed by atoms with E-state index < -0.39 is 22.9 Å². The summed E-state index contributed by atoms with van der Waals surface area (Å²) in [5.74, 6) is -0.549. The summed E-state index contributed by atoms with van der Waals surface area (Å²) < 4.78 is 1.17. The fourth-order valence-corrected chi connectivity index (χ4v) is 5.44. The summed E-state index contributed by atoms with van der Waals surface area (Å²) in [5, 5.41) is 13.6. The average molecular weight is 567 g/mol. The number of hydrogen-bond acceptors (Lipinski definition) is 10. The summed E-state index contributed by atoms with van der Waals surface area (Å²) in [5.41, 5.74) is 11.6. The molecule has 3 aromatic heterocycles. The second-order valence-corrected chi connectivity index (χ2v) is 11.0. The van der Waals surface area contributed by atoms with Gasteiger partial charge in [0, 0.05) is 24.2 Å². The summed E-state index contributed by atoms with van der Waals surface area (Å²) in [7, 11) is 0. The minimum atomic E-state index is -0.844. The zero-order valence-corrected chi connectivity index (χ0v) is 22.7. The minimum absolute atomic E-state index is 0.139. The number of nitrogen functional groups attached to an aromatic ring is 1. The number of aromatic hydroxyl groups is 1. The molecule has 0 unspecified atom stereocenters. The smallest absolute Gasteiger partial charge is 0.274 e. The van der Waals surface area contributed by atoms with E-state index in [1.54, 1.807) is 42.6 Å². The van der Waals surface area contributed by atoms with Gasteiger partial charge in [0.25, 0.3) is 11.5 Å². The Morgan fingerprint density at radius 1 is 1.21 bits per heavy atom. The number of fused-ring (bicyclic) bond motifs is 1. The monoisotopic (exact) mass is 566 g/mol. The van der Waals surface area contributed by atoms with E-state index >= 15 is 0 Å². The maximum Gasteiger partial charge on any atom is 0.274 e. The highest BCUT2D eigenvalue weighted by molar-refractivity contribution is 7.99. The van der Waals surface area contributed by atoms with Gasteiger partial charge in [-0.05, 0) is 49.1 Å². The summed E-state index contributed by atoms with van der Waals surface area (Å²) in [4.78, 5) is 41.5. The molecule has 0 atom stereocenters. The molecule has 4 heterocycles. The quantitative estimate of drug-likeness (QED) is 0.272. The van der Waals surface area contributed by atoms with Gasteiger partial charge in [-0.1, -0.05) is 42.4 Å². The lowest BCUT2D eigenvalue weighted by Crippen LogP contribution is -2.42. The van der Waals surface area contributed by atoms with Crippen LogP contribution in [0.1, 0.15) is 30.1 Å². The van der Waals surface area contributed by atoms with Crippen LogP contribution in [0.15, 0.2) is 63.5 Å². The molecule has 1 aliphatic rings. The van der Waals surface area contributed by atoms with Gasteiger partial charge in [-0.2, -0.15) is 4.98 Å². The normalized spacial score (nSPS) is 14.9. The summed E-state index contributed by atoms with van der Waals surface area (Å²) in [6.07, 6.45) is 5.08. The number of piperidine rings is 1. The molecule has 4 aromatic rings. The number of anilines is 3. The van der Waals surface area contributed by atoms with E-state index in [2.05, 4.69) is 32.1 Å². The van der Waals surface area contributed by atoms with Crippen molar-refractivity contribution in [3.05, 3.63) is 69.7 Å². The molecule has 1 saturated heterocycles. The molecular weight excluding hydrogens is 540 g/mol. The van der Waals surface area contributed by atoms with Gasteiger partial charge in [-0.3, -0.25) is 14.0 Å². The molecular formula is C26H27ClN8O3S. The fourth-order valence-electron chi connectivity index (χ4n) is 4.34. The molecule has 202 valence electrons. The lowest BCUT2D eigenvalue weighted by Gasteiger charge is -2.39. The number of nitrogens with zero attached hydrogens (tertiary/aromatic N) is 5. The Labute approximate surface area is 233 Å². The Hall–Kier alpha value is -3.87. The summed E-state index contributed by atoms with van der Waals surface area (Å²) >= 11 is 7.81. The van der Waals surface area contributed by atoms with Crippen molar-refractivity contribution in [3.63, 3.8) is 0 Å². The molecule has 0 saturated carbocycles. The molecule has 5 rings (SSSR count). The maximum atomic E-state index is 13.0. The number of carbonyl (C=O) groups is 1. The van der Waals surface area contributed by atoms with Crippen LogP contribution in [0.2, 0.25) is 5.02 Å². The van der Waals surface area contributed by atoms with Gasteiger partial charge < -0.3 is 26.8 Å². The van der Waals surface area contributed by atoms with E-state index in [1.165, 1.54) is 22.4 Å². The molecule has 1 amide bonds. The lowest BCUT2D eigenvalue weighted by molar-refractivity contribution is 0.102. The second-order valence-electron chi connectivity index (χ2n) is 9.64. The number of carbonyl (C=O) groups excluding carboxylic acids is 1. The van der Waals surface area contributed by atoms with Crippen molar-refractivity contribution in [2.24, 2.45) is 11.1 Å². The first kappa shape index (κ1) is 26.7. The molecule has 0 bridgehead atoms. The molecule has 0 aliphatic carbocycles. The average Bonchev–Trinajstić information content (AvgIpc) is 2.92. The molecule has 1 fully saturated rings. The van der Waals surface area contributed by atoms with Crippen LogP contribution in [-0.2, 0) is 0 Å². The van der Waals surface area contributed by atoms with Gasteiger partial charge in [-0.15, -0.1) is 0 Å². The van der Waals surface area contributed by atoms with Crippen molar-refractivity contribution in [2.45, 2.75) is 29.7 Å². The number of halogens is 1. The second kappa shape index (κ2) is 10.7. The SMILES string of the molecule is CC1(CN)CCN(c2cnc(Sc3cccc(NC(=O)c4c(O)nc5ccccn5c4=O)c3Cl)c(N)n2)CC1. The topological polar surface area (TPSA) is 165 Å². The van der Waals surface area contributed by atoms with Crippen LogP contribution in [0, 0.1) is 5.41 Å². The van der Waals surface area contributed by atoms with Gasteiger partial charge in [0.05, 0.1) is 16.9 Å². The first-order valence-corrected chi connectivity index (χ1v) is 13.4. The number of nitrogens with one attached hydrogen (secondary N) is 1. The fraction of sp³-hybridized carbons (Fsp3) is 0.269. The maximum absolute atomic E-state index is 13.0. The van der Waals surface area contributed by atoms with E-state index in [4.69, 9.17) is 23.1 Å². The highest BCUT2D eigenvalue weighted by atomic mass is 35.5. The van der Waals surface area contributed by atoms with Crippen molar-refractivity contribution in [1.82, 2.24) is 19.4 Å². The van der Waals surface area contributed by atoms with Crippen molar-refractivity contribution >= 4 is 52.2 Å². The van der Waals surface area contributed by atoms with Crippen LogP contribution in [0.25, 0.3) is 5.65 Å². The van der Waals surface area contributed by atoms with Gasteiger partial charge in [0.15, 0.2) is 11.4 Å². The van der Waals surface area contributed by atoms with Crippen LogP contribution < -0.4 is 27.2 Å². The molecule has 11 nitrogen and oxygen atoms in total. The largest absolute Gasteiger partial charge is 0.493 e. The summed E-state index contributed by atoms with van der Waals surface area (Å²) in [6, 6.07) is 9.86. The van der Waals surface area contributed by atoms with E-state index in [0.29, 0.717) is 22.3 Å². The van der Waals surface area contributed by atoms with Gasteiger partial charge >= 0.3 is 0 Å². The van der Waals surface area contributed by atoms with Crippen molar-refractivity contribution < 1.29 is 9.90 Å². The Balaban J connectivity index is 1.34. The Kier molecular flexibility index (Phi) is 7.34. The van der Waals surface area contributed by atoms with Crippen molar-refractivity contribution in [1.29, 1.82) is 0 Å². The molecule has 39 heavy (non-hydrogen) atoms. The zero-order chi connectivity index (χ0) is 27.7. The van der Waals surface area contributed by atoms with Gasteiger partial charge in [0.2, 0.25) is 5.88 Å². The summed E-state index contributed by atoms with van der Waals surface area (Å²) in [6.45, 7) is 4.51. The van der Waals surface area contributed by atoms with Gasteiger partial charge in [-0.25, -0.2) is 9.97 Å². The van der Waals surface area contributed by atoms with Crippen LogP contribution in [0.4, 0.5) is 17.3 Å². The predicted octanol–water partition coefficient (Wildman–Crippen LogP) is 3.39. The first-order valence-electron chi connectivity index (χ1n) is 12.2. The van der Waals surface area contributed by atoms with Crippen molar-refractivity contribution in [3.8, 4) is 5.88 Å². The van der Waals surface area contributed by atoms with Crippen molar-refractivity contribution in [2.75, 3.05) is 35.6 Å². The molecule has 1 aliphatic heterocycles. The lowest BCUT2D eigenvalue weighted by atomic mass is 9.80. The Morgan fingerprint density at radius 3 is 2.69 bits per heavy atom. The van der Waals surface area contributed by atoms with Gasteiger partial charge in [0.1, 0.15) is 16.5 Å². The van der Waals surface area contributed by atoms with E-state index in [1.807, 2.05) is 0 Å². The number of benzene rings is 1. The molecule has 6 N–H and O–H groups in total. The van der Waals surface area contributed by atoms with E-state index in [-0.39, 0.29) is 27.6 Å². The van der Waals surface area contributed by atoms with E-state index in [0.717, 1.165) is 25.9 Å². The van der Waals surface area contributed by atoms with Crippen LogP contribution in [0.5, 0.6) is 5.88 Å². The number of nitrogens with two attached hydrogens (primary N) is 2. The number of aromatic nitrogens is 4. The molecule has 13 heteroatoms.